The quantitative estimate of drug-likeness (QED) is 0.468. The minimum absolute atomic E-state index is 0. The summed E-state index contributed by atoms with van der Waals surface area (Å²) in [5.41, 5.74) is 0.638. The second-order valence-corrected chi connectivity index (χ2v) is 17.0. The SMILES string of the molecule is C1CC2(CCN1)CC(N1CCC3(CCOC3)C1)CO2.CC(C)(C)OC(=O)N1CCC2(CC1)CC(N1CCC3(CCOC3)C1)CO2.Cl. The van der Waals surface area contributed by atoms with Gasteiger partial charge in [-0.3, -0.25) is 9.80 Å². The van der Waals surface area contributed by atoms with Crippen LogP contribution in [0.1, 0.15) is 85.0 Å². The number of carbonyl (C=O) groups excluding carboxylic acids is 1. The molecule has 1 N–H and O–H groups in total. The smallest absolute Gasteiger partial charge is 0.410 e. The maximum Gasteiger partial charge on any atom is 0.410 e. The predicted molar refractivity (Wildman–Crippen MR) is 179 cm³/mol. The van der Waals surface area contributed by atoms with Gasteiger partial charge in [-0.05, 0) is 111 Å². The van der Waals surface area contributed by atoms with Crippen molar-refractivity contribution in [2.45, 2.75) is 114 Å². The highest BCUT2D eigenvalue weighted by atomic mass is 35.5. The molecule has 0 radical (unpaired) electrons. The van der Waals surface area contributed by atoms with Gasteiger partial charge in [-0.2, -0.15) is 0 Å². The standard InChI is InChI=1S/C20H34N2O4.C15H26N2O2.ClH/c1-18(2,3)26-17(23)21-9-5-20(6-10-21)12-16(13-25-20)22-8-4-19(14-22)7-11-24-15-19;1-5-16-6-2-15(1)9-13(10-19-15)17-7-3-14(11-17)4-8-18-12-14;/h16H,4-15H2,1-3H3;13,16H,1-12H2;1H. The summed E-state index contributed by atoms with van der Waals surface area (Å²) >= 11 is 0. The number of nitrogens with zero attached hydrogens (tertiary/aromatic N) is 3. The first-order valence-corrected chi connectivity index (χ1v) is 18.2. The Bertz CT molecular complexity index is 1030. The Morgan fingerprint density at radius 1 is 0.717 bits per heavy atom. The number of rotatable bonds is 2. The molecule has 8 heterocycles. The van der Waals surface area contributed by atoms with Crippen LogP contribution in [0.5, 0.6) is 0 Å². The van der Waals surface area contributed by atoms with Crippen LogP contribution in [0.4, 0.5) is 4.79 Å². The molecule has 8 aliphatic heterocycles. The first-order valence-electron chi connectivity index (χ1n) is 18.2. The van der Waals surface area contributed by atoms with Gasteiger partial charge < -0.3 is 33.9 Å². The van der Waals surface area contributed by atoms with Crippen molar-refractivity contribution in [3.05, 3.63) is 0 Å². The predicted octanol–water partition coefficient (Wildman–Crippen LogP) is 4.09. The molecule has 0 aliphatic carbocycles. The van der Waals surface area contributed by atoms with Crippen LogP contribution in [-0.4, -0.2) is 142 Å². The van der Waals surface area contributed by atoms with Gasteiger partial charge in [0.05, 0.1) is 37.6 Å². The van der Waals surface area contributed by atoms with Crippen LogP contribution in [0, 0.1) is 10.8 Å². The van der Waals surface area contributed by atoms with Gasteiger partial charge in [0.25, 0.3) is 0 Å². The van der Waals surface area contributed by atoms with Crippen molar-refractivity contribution in [3.8, 4) is 0 Å². The Morgan fingerprint density at radius 3 is 1.67 bits per heavy atom. The second-order valence-electron chi connectivity index (χ2n) is 17.0. The Labute approximate surface area is 283 Å². The molecule has 8 fully saturated rings. The minimum atomic E-state index is -0.434. The first kappa shape index (κ1) is 35.1. The zero-order valence-electron chi connectivity index (χ0n) is 28.8. The number of likely N-dealkylation sites (tertiary alicyclic amines) is 3. The summed E-state index contributed by atoms with van der Waals surface area (Å²) in [5, 5.41) is 3.45. The molecular weight excluding hydrogens is 608 g/mol. The summed E-state index contributed by atoms with van der Waals surface area (Å²) < 4.78 is 29.4. The molecule has 8 rings (SSSR count). The first-order chi connectivity index (χ1) is 21.6. The third-order valence-corrected chi connectivity index (χ3v) is 12.6. The number of hydrogen-bond donors (Lipinski definition) is 1. The molecule has 8 aliphatic rings. The Hall–Kier alpha value is -0.720. The lowest BCUT2D eigenvalue weighted by Gasteiger charge is -2.39. The van der Waals surface area contributed by atoms with E-state index in [0.29, 0.717) is 22.9 Å². The molecule has 0 aromatic rings. The second kappa shape index (κ2) is 13.9. The summed E-state index contributed by atoms with van der Waals surface area (Å²) in [6.45, 7) is 20.0. The largest absolute Gasteiger partial charge is 0.444 e. The molecule has 46 heavy (non-hydrogen) atoms. The van der Waals surface area contributed by atoms with E-state index in [4.69, 9.17) is 23.7 Å². The van der Waals surface area contributed by atoms with Crippen molar-refractivity contribution in [1.82, 2.24) is 20.0 Å². The third-order valence-electron chi connectivity index (χ3n) is 12.6. The van der Waals surface area contributed by atoms with Crippen LogP contribution >= 0.6 is 12.4 Å². The lowest BCUT2D eigenvalue weighted by atomic mass is 9.86. The summed E-state index contributed by atoms with van der Waals surface area (Å²) in [4.78, 5) is 19.5. The van der Waals surface area contributed by atoms with E-state index in [-0.39, 0.29) is 29.7 Å². The molecule has 1 amide bonds. The summed E-state index contributed by atoms with van der Waals surface area (Å²) in [6.07, 6.45) is 11.5. The van der Waals surface area contributed by atoms with E-state index in [1.165, 1.54) is 71.1 Å². The molecule has 0 aromatic carbocycles. The van der Waals surface area contributed by atoms with Crippen molar-refractivity contribution in [2.75, 3.05) is 92.0 Å². The van der Waals surface area contributed by atoms with Crippen molar-refractivity contribution in [3.63, 3.8) is 0 Å². The lowest BCUT2D eigenvalue weighted by molar-refractivity contribution is -0.0488. The molecular formula is C35H61ClN4O6. The van der Waals surface area contributed by atoms with Crippen molar-refractivity contribution in [2.24, 2.45) is 10.8 Å². The minimum Gasteiger partial charge on any atom is -0.444 e. The fourth-order valence-corrected chi connectivity index (χ4v) is 9.62. The molecule has 4 unspecified atom stereocenters. The van der Waals surface area contributed by atoms with Crippen molar-refractivity contribution >= 4 is 18.5 Å². The number of nitrogens with one attached hydrogen (secondary N) is 1. The molecule has 10 nitrogen and oxygen atoms in total. The van der Waals surface area contributed by atoms with Gasteiger partial charge in [0.15, 0.2) is 0 Å². The highest BCUT2D eigenvalue weighted by Gasteiger charge is 2.50. The van der Waals surface area contributed by atoms with Crippen LogP contribution in [0.3, 0.4) is 0 Å². The monoisotopic (exact) mass is 668 g/mol. The van der Waals surface area contributed by atoms with Crippen LogP contribution < -0.4 is 5.32 Å². The van der Waals surface area contributed by atoms with Gasteiger partial charge in [0, 0.05) is 62.3 Å². The van der Waals surface area contributed by atoms with Crippen LogP contribution in [0.25, 0.3) is 0 Å². The van der Waals surface area contributed by atoms with Gasteiger partial charge in [-0.15, -0.1) is 12.4 Å². The van der Waals surface area contributed by atoms with E-state index in [1.807, 2.05) is 25.7 Å². The van der Waals surface area contributed by atoms with Gasteiger partial charge in [0.1, 0.15) is 5.60 Å². The van der Waals surface area contributed by atoms with Crippen LogP contribution in [0.15, 0.2) is 0 Å². The van der Waals surface area contributed by atoms with Gasteiger partial charge in [-0.1, -0.05) is 0 Å². The fraction of sp³-hybridized carbons (Fsp3) is 0.971. The Morgan fingerprint density at radius 2 is 1.22 bits per heavy atom. The number of piperidine rings is 2. The lowest BCUT2D eigenvalue weighted by Crippen LogP contribution is -2.48. The maximum absolute atomic E-state index is 12.3. The normalized spacial score (nSPS) is 37.3. The third kappa shape index (κ3) is 7.69. The zero-order chi connectivity index (χ0) is 31.2. The van der Waals surface area contributed by atoms with E-state index in [1.54, 1.807) is 0 Å². The molecule has 4 spiro atoms. The molecule has 0 aromatic heterocycles. The number of ether oxygens (including phenoxy) is 5. The molecule has 264 valence electrons. The highest BCUT2D eigenvalue weighted by Crippen LogP contribution is 2.45. The molecule has 11 heteroatoms. The number of amides is 1. The van der Waals surface area contributed by atoms with E-state index >= 15 is 0 Å². The Kier molecular flexibility index (Phi) is 10.6. The topological polar surface area (TPSA) is 85.0 Å². The zero-order valence-corrected chi connectivity index (χ0v) is 29.6. The average molecular weight is 669 g/mol. The number of hydrogen-bond acceptors (Lipinski definition) is 9. The van der Waals surface area contributed by atoms with Gasteiger partial charge in [0.2, 0.25) is 0 Å². The molecule has 0 bridgehead atoms. The highest BCUT2D eigenvalue weighted by molar-refractivity contribution is 5.85. The number of carbonyl (C=O) groups is 1. The van der Waals surface area contributed by atoms with Crippen molar-refractivity contribution in [1.29, 1.82) is 0 Å². The van der Waals surface area contributed by atoms with E-state index in [9.17, 15) is 4.79 Å². The van der Waals surface area contributed by atoms with Gasteiger partial charge >= 0.3 is 6.09 Å². The van der Waals surface area contributed by atoms with E-state index in [0.717, 1.165) is 85.1 Å². The van der Waals surface area contributed by atoms with E-state index in [2.05, 4.69) is 15.1 Å². The molecule has 4 atom stereocenters. The van der Waals surface area contributed by atoms with Crippen LogP contribution in [0.2, 0.25) is 0 Å². The summed E-state index contributed by atoms with van der Waals surface area (Å²) in [5.74, 6) is 0. The summed E-state index contributed by atoms with van der Waals surface area (Å²) in [7, 11) is 0. The fourth-order valence-electron chi connectivity index (χ4n) is 9.62. The number of halogens is 1. The van der Waals surface area contributed by atoms with Crippen LogP contribution in [-0.2, 0) is 23.7 Å². The molecule has 0 saturated carbocycles. The van der Waals surface area contributed by atoms with Crippen molar-refractivity contribution < 1.29 is 28.5 Å². The maximum atomic E-state index is 12.3. The molecule has 8 saturated heterocycles. The van der Waals surface area contributed by atoms with Gasteiger partial charge in [-0.25, -0.2) is 4.79 Å². The van der Waals surface area contributed by atoms with E-state index < -0.39 is 5.60 Å². The average Bonchev–Trinajstić information content (AvgIpc) is 3.87. The summed E-state index contributed by atoms with van der Waals surface area (Å²) in [6, 6.07) is 1.20. The Balaban J connectivity index is 0.000000165.